The van der Waals surface area contributed by atoms with Gasteiger partial charge in [0.2, 0.25) is 0 Å². The fraction of sp³-hybridized carbons (Fsp3) is 0.346. The Morgan fingerprint density at radius 1 is 1.26 bits per heavy atom. The Labute approximate surface area is 182 Å². The maximum absolute atomic E-state index is 13.5. The van der Waals surface area contributed by atoms with Crippen molar-refractivity contribution < 1.29 is 5.11 Å². The summed E-state index contributed by atoms with van der Waals surface area (Å²) in [6.07, 6.45) is 8.97. The van der Waals surface area contributed by atoms with Crippen LogP contribution in [0.4, 0.5) is 0 Å². The number of hydrogen-bond donors (Lipinski definition) is 1. The number of nitrogens with zero attached hydrogens (tertiary/aromatic N) is 3. The second-order valence-electron chi connectivity index (χ2n) is 8.38. The van der Waals surface area contributed by atoms with Crippen molar-refractivity contribution in [3.8, 4) is 0 Å². The third-order valence-electron chi connectivity index (χ3n) is 6.22. The molecule has 2 atom stereocenters. The molecule has 1 aliphatic carbocycles. The number of allylic oxidation sites excluding steroid dienone is 3. The van der Waals surface area contributed by atoms with Crippen LogP contribution in [0, 0.1) is 0 Å². The third kappa shape index (κ3) is 4.23. The molecule has 0 aliphatic heterocycles. The Morgan fingerprint density at radius 2 is 2.00 bits per heavy atom. The highest BCUT2D eigenvalue weighted by Crippen LogP contribution is 2.30. The molecule has 1 aromatic heterocycles. The van der Waals surface area contributed by atoms with Crippen molar-refractivity contribution in [3.05, 3.63) is 76.5 Å². The van der Waals surface area contributed by atoms with Crippen molar-refractivity contribution >= 4 is 27.9 Å². The third-order valence-corrected chi connectivity index (χ3v) is 6.22. The Bertz CT molecular complexity index is 1250. The quantitative estimate of drug-likeness (QED) is 0.465. The van der Waals surface area contributed by atoms with Crippen LogP contribution in [0.5, 0.6) is 0 Å². The Kier molecular flexibility index (Phi) is 6.14. The van der Waals surface area contributed by atoms with Gasteiger partial charge in [0, 0.05) is 17.3 Å². The second kappa shape index (κ2) is 8.98. The molecule has 0 saturated heterocycles. The highest BCUT2D eigenvalue weighted by atomic mass is 16.3. The topological polar surface area (TPSA) is 67.5 Å². The van der Waals surface area contributed by atoms with E-state index >= 15 is 0 Å². The van der Waals surface area contributed by atoms with Gasteiger partial charge in [-0.05, 0) is 55.7 Å². The zero-order valence-corrected chi connectivity index (χ0v) is 18.2. The molecule has 1 aliphatic rings. The number of aliphatic imine (C=N–C) groups is 1. The van der Waals surface area contributed by atoms with Gasteiger partial charge in [0.05, 0.1) is 29.4 Å². The summed E-state index contributed by atoms with van der Waals surface area (Å²) in [5.41, 5.74) is 3.45. The van der Waals surface area contributed by atoms with Crippen LogP contribution in [0.15, 0.2) is 70.4 Å². The molecule has 5 heteroatoms. The van der Waals surface area contributed by atoms with E-state index in [-0.39, 0.29) is 11.6 Å². The van der Waals surface area contributed by atoms with Gasteiger partial charge < -0.3 is 5.11 Å². The van der Waals surface area contributed by atoms with E-state index in [0.717, 1.165) is 53.3 Å². The number of aliphatic hydroxyl groups excluding tert-OH is 1. The molecule has 31 heavy (non-hydrogen) atoms. The summed E-state index contributed by atoms with van der Waals surface area (Å²) in [5.74, 6) is 0. The van der Waals surface area contributed by atoms with Gasteiger partial charge in [-0.25, -0.2) is 4.98 Å². The molecule has 1 fully saturated rings. The van der Waals surface area contributed by atoms with Crippen LogP contribution in [0.25, 0.3) is 21.7 Å². The molecule has 0 radical (unpaired) electrons. The average molecular weight is 416 g/mol. The van der Waals surface area contributed by atoms with E-state index < -0.39 is 6.10 Å². The first-order valence-corrected chi connectivity index (χ1v) is 10.9. The number of benzene rings is 2. The minimum atomic E-state index is -0.503. The number of rotatable bonds is 5. The van der Waals surface area contributed by atoms with Gasteiger partial charge >= 0.3 is 0 Å². The number of aliphatic hydroxyl groups is 1. The smallest absolute Gasteiger partial charge is 0.261 e. The molecule has 3 aromatic rings. The van der Waals surface area contributed by atoms with Gasteiger partial charge in [-0.15, -0.1) is 0 Å². The van der Waals surface area contributed by atoms with Crippen LogP contribution < -0.4 is 5.56 Å². The van der Waals surface area contributed by atoms with E-state index in [1.807, 2.05) is 44.2 Å². The molecule has 1 saturated carbocycles. The molecule has 4 rings (SSSR count). The normalized spacial score (nSPS) is 20.0. The minimum absolute atomic E-state index is 0.0907. The summed E-state index contributed by atoms with van der Waals surface area (Å²) in [6.45, 7) is 8.06. The van der Waals surface area contributed by atoms with Crippen molar-refractivity contribution in [1.29, 1.82) is 0 Å². The molecular weight excluding hydrogens is 386 g/mol. The van der Waals surface area contributed by atoms with Crippen molar-refractivity contribution in [1.82, 2.24) is 9.55 Å². The highest BCUT2D eigenvalue weighted by molar-refractivity contribution is 6.06. The Hall–Kier alpha value is -3.05. The zero-order valence-electron chi connectivity index (χ0n) is 18.2. The molecule has 0 bridgehead atoms. The van der Waals surface area contributed by atoms with Crippen LogP contribution in [0.2, 0.25) is 0 Å². The van der Waals surface area contributed by atoms with E-state index in [1.165, 1.54) is 0 Å². The molecule has 5 nitrogen and oxygen atoms in total. The van der Waals surface area contributed by atoms with Gasteiger partial charge in [-0.1, -0.05) is 49.8 Å². The van der Waals surface area contributed by atoms with Crippen LogP contribution in [-0.2, 0) is 6.42 Å². The molecule has 1 heterocycles. The van der Waals surface area contributed by atoms with Crippen molar-refractivity contribution in [2.75, 3.05) is 0 Å². The SMILES string of the molecule is C=C(C=NC(C)=CC)Cc1cc2c(=O)n(C3CCCCC3O)cnc2c2ccccc12. The standard InChI is InChI=1S/C26H29N3O2/c1-4-18(3)27-15-17(2)13-19-14-22-25(21-10-6-5-9-20(19)21)28-16-29(26(22)31)23-11-7-8-12-24(23)30/h4-6,9-10,14-16,23-24,30H,2,7-8,11-13H2,1,3H3. The van der Waals surface area contributed by atoms with Crippen molar-refractivity contribution in [2.24, 2.45) is 4.99 Å². The number of aromatic nitrogens is 2. The van der Waals surface area contributed by atoms with E-state index in [9.17, 15) is 9.90 Å². The molecule has 0 spiro atoms. The fourth-order valence-electron chi connectivity index (χ4n) is 4.41. The lowest BCUT2D eigenvalue weighted by molar-refractivity contribution is 0.0735. The average Bonchev–Trinajstić information content (AvgIpc) is 2.79. The van der Waals surface area contributed by atoms with E-state index in [0.29, 0.717) is 17.3 Å². The molecule has 160 valence electrons. The van der Waals surface area contributed by atoms with Crippen LogP contribution >= 0.6 is 0 Å². The zero-order chi connectivity index (χ0) is 22.0. The summed E-state index contributed by atoms with van der Waals surface area (Å²) in [5, 5.41) is 13.1. The van der Waals surface area contributed by atoms with Gasteiger partial charge in [0.25, 0.3) is 5.56 Å². The Balaban J connectivity index is 1.84. The monoisotopic (exact) mass is 415 g/mol. The number of hydrogen-bond acceptors (Lipinski definition) is 4. The predicted octanol–water partition coefficient (Wildman–Crippen LogP) is 5.12. The lowest BCUT2D eigenvalue weighted by Crippen LogP contribution is -2.34. The lowest BCUT2D eigenvalue weighted by atomic mass is 9.92. The first-order valence-electron chi connectivity index (χ1n) is 10.9. The second-order valence-corrected chi connectivity index (χ2v) is 8.38. The lowest BCUT2D eigenvalue weighted by Gasteiger charge is -2.29. The molecule has 2 aromatic carbocycles. The van der Waals surface area contributed by atoms with E-state index in [2.05, 4.69) is 22.6 Å². The first kappa shape index (κ1) is 21.2. The largest absolute Gasteiger partial charge is 0.391 e. The molecule has 1 N–H and O–H groups in total. The van der Waals surface area contributed by atoms with E-state index in [1.54, 1.807) is 17.1 Å². The Morgan fingerprint density at radius 3 is 2.74 bits per heavy atom. The summed E-state index contributed by atoms with van der Waals surface area (Å²) >= 11 is 0. The minimum Gasteiger partial charge on any atom is -0.391 e. The van der Waals surface area contributed by atoms with Crippen LogP contribution in [0.3, 0.4) is 0 Å². The van der Waals surface area contributed by atoms with E-state index in [4.69, 9.17) is 0 Å². The van der Waals surface area contributed by atoms with Gasteiger partial charge in [0.15, 0.2) is 0 Å². The number of fused-ring (bicyclic) bond motifs is 3. The highest BCUT2D eigenvalue weighted by Gasteiger charge is 2.26. The maximum Gasteiger partial charge on any atom is 0.261 e. The summed E-state index contributed by atoms with van der Waals surface area (Å²) in [7, 11) is 0. The van der Waals surface area contributed by atoms with Gasteiger partial charge in [0.1, 0.15) is 0 Å². The summed E-state index contributed by atoms with van der Waals surface area (Å²) in [6, 6.07) is 9.77. The summed E-state index contributed by atoms with van der Waals surface area (Å²) < 4.78 is 1.64. The predicted molar refractivity (Wildman–Crippen MR) is 128 cm³/mol. The van der Waals surface area contributed by atoms with Crippen molar-refractivity contribution in [2.45, 2.75) is 58.1 Å². The van der Waals surface area contributed by atoms with Gasteiger partial charge in [-0.2, -0.15) is 0 Å². The first-order chi connectivity index (χ1) is 15.0. The maximum atomic E-state index is 13.5. The molecular formula is C26H29N3O2. The fourth-order valence-corrected chi connectivity index (χ4v) is 4.41. The van der Waals surface area contributed by atoms with Gasteiger partial charge in [-0.3, -0.25) is 14.4 Å². The summed E-state index contributed by atoms with van der Waals surface area (Å²) in [4.78, 5) is 22.5. The van der Waals surface area contributed by atoms with Crippen LogP contribution in [0.1, 0.15) is 51.1 Å². The molecule has 0 amide bonds. The molecule has 2 unspecified atom stereocenters. The van der Waals surface area contributed by atoms with Crippen LogP contribution in [-0.4, -0.2) is 27.0 Å². The van der Waals surface area contributed by atoms with Crippen molar-refractivity contribution in [3.63, 3.8) is 0 Å².